The van der Waals surface area contributed by atoms with Gasteiger partial charge in [0.1, 0.15) is 6.34 Å². The molecule has 0 aliphatic carbocycles. The standard InChI is InChI=1S/C10H18N6OS/c1-8-9(14-6-13-8)5-18-4-3-16(12-2)7-15-10(11)17/h6-7,12H,3-5H2,1-2H3,(H2,11,17)(H,13,14)/b15-7+. The maximum Gasteiger partial charge on any atom is 0.339 e. The minimum atomic E-state index is -0.699. The predicted molar refractivity (Wildman–Crippen MR) is 73.3 cm³/mol. The van der Waals surface area contributed by atoms with Gasteiger partial charge in [-0.15, -0.1) is 0 Å². The fraction of sp³-hybridized carbons (Fsp3) is 0.500. The summed E-state index contributed by atoms with van der Waals surface area (Å²) in [7, 11) is 1.76. The number of aryl methyl sites for hydroxylation is 1. The largest absolute Gasteiger partial charge is 0.350 e. The third kappa shape index (κ3) is 5.19. The molecule has 1 aromatic rings. The first-order chi connectivity index (χ1) is 8.63. The number of urea groups is 1. The number of rotatable bonds is 7. The van der Waals surface area contributed by atoms with Crippen LogP contribution < -0.4 is 11.2 Å². The van der Waals surface area contributed by atoms with E-state index in [-0.39, 0.29) is 0 Å². The van der Waals surface area contributed by atoms with Crippen LogP contribution in [0.4, 0.5) is 4.79 Å². The van der Waals surface area contributed by atoms with Gasteiger partial charge in [0.15, 0.2) is 0 Å². The zero-order chi connectivity index (χ0) is 13.4. The van der Waals surface area contributed by atoms with Crippen molar-refractivity contribution in [2.24, 2.45) is 10.7 Å². The zero-order valence-electron chi connectivity index (χ0n) is 10.5. The van der Waals surface area contributed by atoms with Gasteiger partial charge in [-0.05, 0) is 6.92 Å². The monoisotopic (exact) mass is 270 g/mol. The van der Waals surface area contributed by atoms with E-state index in [9.17, 15) is 4.79 Å². The zero-order valence-corrected chi connectivity index (χ0v) is 11.3. The van der Waals surface area contributed by atoms with Gasteiger partial charge < -0.3 is 10.7 Å². The van der Waals surface area contributed by atoms with Crippen LogP contribution in [0.25, 0.3) is 0 Å². The number of nitrogens with zero attached hydrogens (tertiary/aromatic N) is 3. The summed E-state index contributed by atoms with van der Waals surface area (Å²) in [5, 5.41) is 1.70. The van der Waals surface area contributed by atoms with E-state index >= 15 is 0 Å². The van der Waals surface area contributed by atoms with Gasteiger partial charge in [-0.3, -0.25) is 5.01 Å². The number of imidazole rings is 1. The van der Waals surface area contributed by atoms with Crippen LogP contribution in [0.15, 0.2) is 11.3 Å². The van der Waals surface area contributed by atoms with Crippen LogP contribution in [0, 0.1) is 6.92 Å². The number of thioether (sulfide) groups is 1. The van der Waals surface area contributed by atoms with Crippen molar-refractivity contribution in [3.8, 4) is 0 Å². The molecule has 0 unspecified atom stereocenters. The maximum absolute atomic E-state index is 10.5. The molecule has 0 bridgehead atoms. The number of H-pyrrole nitrogens is 1. The lowest BCUT2D eigenvalue weighted by Gasteiger charge is -2.16. The lowest BCUT2D eigenvalue weighted by atomic mass is 10.4. The summed E-state index contributed by atoms with van der Waals surface area (Å²) in [6.45, 7) is 2.73. The molecular formula is C10H18N6OS. The Labute approximate surface area is 110 Å². The summed E-state index contributed by atoms with van der Waals surface area (Å²) < 4.78 is 0. The van der Waals surface area contributed by atoms with Gasteiger partial charge in [-0.2, -0.15) is 16.8 Å². The highest BCUT2D eigenvalue weighted by Crippen LogP contribution is 2.11. The molecule has 1 rings (SSSR count). The average molecular weight is 270 g/mol. The molecule has 100 valence electrons. The Morgan fingerprint density at radius 1 is 1.78 bits per heavy atom. The molecule has 0 aromatic carbocycles. The Morgan fingerprint density at radius 2 is 2.56 bits per heavy atom. The second kappa shape index (κ2) is 7.72. The van der Waals surface area contributed by atoms with Crippen LogP contribution >= 0.6 is 11.8 Å². The van der Waals surface area contributed by atoms with Crippen molar-refractivity contribution >= 4 is 24.1 Å². The van der Waals surface area contributed by atoms with Crippen LogP contribution in [0.2, 0.25) is 0 Å². The maximum atomic E-state index is 10.5. The number of aromatic nitrogens is 2. The number of carbonyl (C=O) groups excluding carboxylic acids is 1. The summed E-state index contributed by atoms with van der Waals surface area (Å²) in [5.74, 6) is 1.75. The molecule has 0 fully saturated rings. The number of aromatic amines is 1. The Balaban J connectivity index is 2.23. The van der Waals surface area contributed by atoms with Crippen molar-refractivity contribution < 1.29 is 4.79 Å². The first kappa shape index (κ1) is 14.5. The Kier molecular flexibility index (Phi) is 6.23. The van der Waals surface area contributed by atoms with E-state index < -0.39 is 6.03 Å². The second-order valence-electron chi connectivity index (χ2n) is 3.53. The van der Waals surface area contributed by atoms with Gasteiger partial charge in [0.2, 0.25) is 0 Å². The number of hydrogen-bond acceptors (Lipinski definition) is 4. The van der Waals surface area contributed by atoms with Gasteiger partial charge >= 0.3 is 6.03 Å². The van der Waals surface area contributed by atoms with Crippen molar-refractivity contribution in [3.05, 3.63) is 17.7 Å². The summed E-state index contributed by atoms with van der Waals surface area (Å²) >= 11 is 1.76. The Hall–Kier alpha value is -1.54. The number of hydrazine groups is 1. The molecule has 4 N–H and O–H groups in total. The van der Waals surface area contributed by atoms with E-state index in [1.807, 2.05) is 6.92 Å². The van der Waals surface area contributed by atoms with Crippen LogP contribution in [-0.2, 0) is 5.75 Å². The van der Waals surface area contributed by atoms with Crippen LogP contribution in [0.3, 0.4) is 0 Å². The molecule has 7 nitrogen and oxygen atoms in total. The predicted octanol–water partition coefficient (Wildman–Crippen LogP) is 0.495. The van der Waals surface area contributed by atoms with E-state index in [0.29, 0.717) is 0 Å². The number of nitrogens with one attached hydrogen (secondary N) is 2. The van der Waals surface area contributed by atoms with E-state index in [0.717, 1.165) is 29.4 Å². The van der Waals surface area contributed by atoms with Crippen molar-refractivity contribution in [3.63, 3.8) is 0 Å². The van der Waals surface area contributed by atoms with E-state index in [4.69, 9.17) is 5.73 Å². The van der Waals surface area contributed by atoms with Crippen molar-refractivity contribution in [1.82, 2.24) is 20.4 Å². The smallest absolute Gasteiger partial charge is 0.339 e. The highest BCUT2D eigenvalue weighted by atomic mass is 32.2. The molecule has 2 amide bonds. The average Bonchev–Trinajstić information content (AvgIpc) is 2.74. The summed E-state index contributed by atoms with van der Waals surface area (Å²) in [5.41, 5.74) is 10.00. The molecule has 18 heavy (non-hydrogen) atoms. The fourth-order valence-corrected chi connectivity index (χ4v) is 2.17. The third-order valence-electron chi connectivity index (χ3n) is 2.26. The van der Waals surface area contributed by atoms with E-state index in [1.54, 1.807) is 30.1 Å². The van der Waals surface area contributed by atoms with E-state index in [2.05, 4.69) is 20.4 Å². The lowest BCUT2D eigenvalue weighted by molar-refractivity contribution is 0.256. The first-order valence-corrected chi connectivity index (χ1v) is 6.63. The number of hydrogen-bond donors (Lipinski definition) is 3. The van der Waals surface area contributed by atoms with Crippen LogP contribution in [0.1, 0.15) is 11.4 Å². The Morgan fingerprint density at radius 3 is 3.11 bits per heavy atom. The molecule has 0 saturated carbocycles. The fourth-order valence-electron chi connectivity index (χ4n) is 1.22. The SMILES string of the molecule is CNN(/C=N/C(N)=O)CCSCc1nc[nH]c1C. The van der Waals surface area contributed by atoms with Crippen LogP contribution in [0.5, 0.6) is 0 Å². The molecule has 0 aliphatic heterocycles. The normalized spacial score (nSPS) is 11.0. The topological polar surface area (TPSA) is 99.4 Å². The van der Waals surface area contributed by atoms with Gasteiger partial charge in [-0.25, -0.2) is 15.2 Å². The quantitative estimate of drug-likeness (QED) is 0.290. The summed E-state index contributed by atoms with van der Waals surface area (Å²) in [4.78, 5) is 21.2. The van der Waals surface area contributed by atoms with Crippen molar-refractivity contribution in [2.45, 2.75) is 12.7 Å². The number of nitrogens with two attached hydrogens (primary N) is 1. The molecule has 1 heterocycles. The van der Waals surface area contributed by atoms with Crippen molar-refractivity contribution in [1.29, 1.82) is 0 Å². The van der Waals surface area contributed by atoms with Gasteiger partial charge in [-0.1, -0.05) is 0 Å². The van der Waals surface area contributed by atoms with E-state index in [1.165, 1.54) is 6.34 Å². The summed E-state index contributed by atoms with van der Waals surface area (Å²) in [6.07, 6.45) is 3.09. The second-order valence-corrected chi connectivity index (χ2v) is 4.63. The number of carbonyl (C=O) groups is 1. The third-order valence-corrected chi connectivity index (χ3v) is 3.21. The van der Waals surface area contributed by atoms with Crippen LogP contribution in [-0.4, -0.2) is 46.7 Å². The van der Waals surface area contributed by atoms with Gasteiger partial charge in [0.25, 0.3) is 0 Å². The molecule has 0 radical (unpaired) electrons. The Bertz CT molecular complexity index is 405. The molecule has 1 aromatic heterocycles. The highest BCUT2D eigenvalue weighted by molar-refractivity contribution is 7.98. The molecule has 0 saturated heterocycles. The molecule has 0 aliphatic rings. The van der Waals surface area contributed by atoms with Gasteiger partial charge in [0.05, 0.1) is 12.0 Å². The number of aliphatic imine (C=N–C) groups is 1. The number of amides is 2. The summed E-state index contributed by atoms with van der Waals surface area (Å²) in [6, 6.07) is -0.699. The lowest BCUT2D eigenvalue weighted by Crippen LogP contribution is -2.36. The molecular weight excluding hydrogens is 252 g/mol. The number of primary amides is 1. The molecule has 0 spiro atoms. The molecule has 0 atom stereocenters. The molecule has 8 heteroatoms. The highest BCUT2D eigenvalue weighted by Gasteiger charge is 2.02. The van der Waals surface area contributed by atoms with Gasteiger partial charge in [0, 0.05) is 30.8 Å². The van der Waals surface area contributed by atoms with Crippen molar-refractivity contribution in [2.75, 3.05) is 19.3 Å². The minimum Gasteiger partial charge on any atom is -0.350 e. The first-order valence-electron chi connectivity index (χ1n) is 5.47. The minimum absolute atomic E-state index is 0.699.